The Kier molecular flexibility index (Phi) is 7.54. The molecule has 0 N–H and O–H groups in total. The Hall–Kier alpha value is 0.310. The van der Waals surface area contributed by atoms with E-state index in [1.54, 1.807) is 0 Å². The van der Waals surface area contributed by atoms with Crippen LogP contribution in [0.2, 0.25) is 0 Å². The van der Waals surface area contributed by atoms with Crippen LogP contribution in [0.3, 0.4) is 0 Å². The standard InChI is InChI=1S/C13H27NS/c1-13(2)7-5-3-4-6-8-14-9-11-15-12-10-14/h13H,3-12H2,1-2H3. The summed E-state index contributed by atoms with van der Waals surface area (Å²) in [5.41, 5.74) is 0. The zero-order valence-electron chi connectivity index (χ0n) is 10.5. The molecule has 0 radical (unpaired) electrons. The average Bonchev–Trinajstić information content (AvgIpc) is 2.24. The van der Waals surface area contributed by atoms with Crippen molar-refractivity contribution in [1.29, 1.82) is 0 Å². The van der Waals surface area contributed by atoms with Gasteiger partial charge in [0.2, 0.25) is 0 Å². The lowest BCUT2D eigenvalue weighted by Gasteiger charge is -2.25. The van der Waals surface area contributed by atoms with Gasteiger partial charge in [0.15, 0.2) is 0 Å². The quantitative estimate of drug-likeness (QED) is 0.613. The lowest BCUT2D eigenvalue weighted by molar-refractivity contribution is 0.293. The third kappa shape index (κ3) is 7.24. The maximum absolute atomic E-state index is 2.64. The van der Waals surface area contributed by atoms with Gasteiger partial charge in [-0.2, -0.15) is 11.8 Å². The van der Waals surface area contributed by atoms with Crippen LogP contribution >= 0.6 is 11.8 Å². The normalized spacial score (nSPS) is 18.6. The maximum atomic E-state index is 2.64. The molecule has 1 nitrogen and oxygen atoms in total. The Balaban J connectivity index is 1.83. The fourth-order valence-corrected chi connectivity index (χ4v) is 3.05. The van der Waals surface area contributed by atoms with Crippen LogP contribution in [-0.4, -0.2) is 36.0 Å². The lowest BCUT2D eigenvalue weighted by Crippen LogP contribution is -2.33. The minimum atomic E-state index is 0.893. The molecule has 1 fully saturated rings. The second-order valence-electron chi connectivity index (χ2n) is 5.05. The Bertz CT molecular complexity index is 141. The summed E-state index contributed by atoms with van der Waals surface area (Å²) in [5.74, 6) is 3.60. The van der Waals surface area contributed by atoms with E-state index < -0.39 is 0 Å². The smallest absolute Gasteiger partial charge is 0.00727 e. The first-order valence-electron chi connectivity index (χ1n) is 6.59. The maximum Gasteiger partial charge on any atom is 0.00727 e. The number of hydrogen-bond donors (Lipinski definition) is 0. The molecule has 15 heavy (non-hydrogen) atoms. The van der Waals surface area contributed by atoms with Gasteiger partial charge in [-0.25, -0.2) is 0 Å². The van der Waals surface area contributed by atoms with Crippen LogP contribution in [0.1, 0.15) is 46.0 Å². The van der Waals surface area contributed by atoms with E-state index >= 15 is 0 Å². The van der Waals surface area contributed by atoms with Crippen LogP contribution in [0, 0.1) is 5.92 Å². The van der Waals surface area contributed by atoms with E-state index in [0.29, 0.717) is 0 Å². The van der Waals surface area contributed by atoms with Crippen molar-refractivity contribution in [2.75, 3.05) is 31.1 Å². The molecule has 2 heteroatoms. The van der Waals surface area contributed by atoms with E-state index in [1.165, 1.54) is 63.2 Å². The summed E-state index contributed by atoms with van der Waals surface area (Å²) in [6.45, 7) is 8.66. The molecule has 0 aromatic carbocycles. The summed E-state index contributed by atoms with van der Waals surface area (Å²) in [7, 11) is 0. The fourth-order valence-electron chi connectivity index (χ4n) is 2.07. The Morgan fingerprint density at radius 3 is 2.33 bits per heavy atom. The molecule has 0 atom stereocenters. The molecule has 0 aliphatic carbocycles. The summed E-state index contributed by atoms with van der Waals surface area (Å²) in [5, 5.41) is 0. The van der Waals surface area contributed by atoms with E-state index in [4.69, 9.17) is 0 Å². The number of rotatable bonds is 7. The first kappa shape index (κ1) is 13.4. The van der Waals surface area contributed by atoms with E-state index in [1.807, 2.05) is 0 Å². The fraction of sp³-hybridized carbons (Fsp3) is 1.00. The third-order valence-electron chi connectivity index (χ3n) is 3.11. The van der Waals surface area contributed by atoms with E-state index in [0.717, 1.165) is 5.92 Å². The first-order valence-corrected chi connectivity index (χ1v) is 7.74. The Morgan fingerprint density at radius 1 is 1.00 bits per heavy atom. The summed E-state index contributed by atoms with van der Waals surface area (Å²) in [6.07, 6.45) is 7.16. The molecule has 0 spiro atoms. The molecule has 1 saturated heterocycles. The van der Waals surface area contributed by atoms with Crippen LogP contribution in [0.15, 0.2) is 0 Å². The van der Waals surface area contributed by atoms with Crippen LogP contribution in [0.5, 0.6) is 0 Å². The van der Waals surface area contributed by atoms with Gasteiger partial charge in [0.25, 0.3) is 0 Å². The van der Waals surface area contributed by atoms with Crippen LogP contribution in [0.4, 0.5) is 0 Å². The molecule has 0 unspecified atom stereocenters. The molecular weight excluding hydrogens is 202 g/mol. The van der Waals surface area contributed by atoms with E-state index in [9.17, 15) is 0 Å². The third-order valence-corrected chi connectivity index (χ3v) is 4.05. The van der Waals surface area contributed by atoms with Crippen LogP contribution < -0.4 is 0 Å². The van der Waals surface area contributed by atoms with E-state index in [2.05, 4.69) is 30.5 Å². The minimum Gasteiger partial charge on any atom is -0.302 e. The Morgan fingerprint density at radius 2 is 1.67 bits per heavy atom. The number of nitrogens with zero attached hydrogens (tertiary/aromatic N) is 1. The average molecular weight is 229 g/mol. The van der Waals surface area contributed by atoms with Gasteiger partial charge in [0, 0.05) is 24.6 Å². The van der Waals surface area contributed by atoms with Crippen molar-refractivity contribution < 1.29 is 0 Å². The summed E-state index contributed by atoms with van der Waals surface area (Å²) in [6, 6.07) is 0. The van der Waals surface area contributed by atoms with Crippen LogP contribution in [0.25, 0.3) is 0 Å². The summed E-state index contributed by atoms with van der Waals surface area (Å²) < 4.78 is 0. The molecule has 1 rings (SSSR count). The minimum absolute atomic E-state index is 0.893. The van der Waals surface area contributed by atoms with Gasteiger partial charge in [-0.15, -0.1) is 0 Å². The molecule has 1 heterocycles. The number of hydrogen-bond acceptors (Lipinski definition) is 2. The molecule has 1 aliphatic rings. The van der Waals surface area contributed by atoms with Gasteiger partial charge in [0.1, 0.15) is 0 Å². The second-order valence-corrected chi connectivity index (χ2v) is 6.28. The highest BCUT2D eigenvalue weighted by Gasteiger charge is 2.08. The molecule has 0 aromatic heterocycles. The van der Waals surface area contributed by atoms with Gasteiger partial charge in [-0.05, 0) is 18.9 Å². The summed E-state index contributed by atoms with van der Waals surface area (Å²) in [4.78, 5) is 2.64. The number of unbranched alkanes of at least 4 members (excludes halogenated alkanes) is 3. The SMILES string of the molecule is CC(C)CCCCCCN1CCSCC1. The van der Waals surface area contributed by atoms with Crippen molar-refractivity contribution in [1.82, 2.24) is 4.90 Å². The first-order chi connectivity index (χ1) is 7.29. The molecular formula is C13H27NS. The largest absolute Gasteiger partial charge is 0.302 e. The van der Waals surface area contributed by atoms with Crippen molar-refractivity contribution in [3.05, 3.63) is 0 Å². The zero-order chi connectivity index (χ0) is 10.9. The molecule has 90 valence electrons. The molecule has 1 aliphatic heterocycles. The molecule has 0 saturated carbocycles. The summed E-state index contributed by atoms with van der Waals surface area (Å²) >= 11 is 2.11. The second kappa shape index (κ2) is 8.46. The van der Waals surface area contributed by atoms with Crippen molar-refractivity contribution in [2.45, 2.75) is 46.0 Å². The highest BCUT2D eigenvalue weighted by molar-refractivity contribution is 7.99. The van der Waals surface area contributed by atoms with Crippen LogP contribution in [-0.2, 0) is 0 Å². The highest BCUT2D eigenvalue weighted by Crippen LogP contribution is 2.12. The van der Waals surface area contributed by atoms with Crippen molar-refractivity contribution in [3.63, 3.8) is 0 Å². The zero-order valence-corrected chi connectivity index (χ0v) is 11.3. The van der Waals surface area contributed by atoms with Crippen molar-refractivity contribution in [2.24, 2.45) is 5.92 Å². The van der Waals surface area contributed by atoms with Gasteiger partial charge in [-0.3, -0.25) is 0 Å². The number of thioether (sulfide) groups is 1. The molecule has 0 amide bonds. The molecule has 0 aromatic rings. The van der Waals surface area contributed by atoms with Gasteiger partial charge >= 0.3 is 0 Å². The topological polar surface area (TPSA) is 3.24 Å². The van der Waals surface area contributed by atoms with E-state index in [-0.39, 0.29) is 0 Å². The van der Waals surface area contributed by atoms with Crippen molar-refractivity contribution >= 4 is 11.8 Å². The predicted molar refractivity (Wildman–Crippen MR) is 71.7 cm³/mol. The Labute approximate surface area is 100.0 Å². The monoisotopic (exact) mass is 229 g/mol. The molecule has 0 bridgehead atoms. The highest BCUT2D eigenvalue weighted by atomic mass is 32.2. The van der Waals surface area contributed by atoms with Gasteiger partial charge in [0.05, 0.1) is 0 Å². The van der Waals surface area contributed by atoms with Crippen molar-refractivity contribution in [3.8, 4) is 0 Å². The van der Waals surface area contributed by atoms with Gasteiger partial charge < -0.3 is 4.90 Å². The lowest BCUT2D eigenvalue weighted by atomic mass is 10.0. The van der Waals surface area contributed by atoms with Gasteiger partial charge in [-0.1, -0.05) is 39.5 Å². The predicted octanol–water partition coefficient (Wildman–Crippen LogP) is 3.64.